The number of esters is 1. The number of benzene rings is 1. The van der Waals surface area contributed by atoms with Gasteiger partial charge in [0.25, 0.3) is 0 Å². The van der Waals surface area contributed by atoms with Crippen LogP contribution in [-0.2, 0) is 4.74 Å². The molecule has 1 fully saturated rings. The Bertz CT molecular complexity index is 1060. The number of Topliss-reactive ketones (excluding diaryl/α,β-unsaturated/α-hetero) is 1. The largest absolute Gasteiger partial charge is 0.465 e. The zero-order valence-corrected chi connectivity index (χ0v) is 18.7. The van der Waals surface area contributed by atoms with E-state index in [1.54, 1.807) is 18.3 Å². The van der Waals surface area contributed by atoms with Crippen molar-refractivity contribution in [2.45, 2.75) is 45.6 Å². The van der Waals surface area contributed by atoms with E-state index in [1.807, 2.05) is 19.9 Å². The van der Waals surface area contributed by atoms with E-state index in [9.17, 15) is 9.59 Å². The number of nitrogens with one attached hydrogen (secondary N) is 2. The lowest BCUT2D eigenvalue weighted by Gasteiger charge is -2.31. The summed E-state index contributed by atoms with van der Waals surface area (Å²) in [6.45, 7) is 7.48. The average Bonchev–Trinajstić information content (AvgIpc) is 3.33. The molecular weight excluding hydrogens is 398 g/mol. The molecule has 0 amide bonds. The van der Waals surface area contributed by atoms with Crippen LogP contribution in [0.1, 0.15) is 62.8 Å². The maximum atomic E-state index is 13.2. The standard InChI is InChI=1S/C23H27N3O3S/c1-13-19(23(28)29-4)14(2)24-20(13)21(27)15(3)26-11-9-16(10-12-26)22-25-17-7-5-6-8-18(17)30-22/h5-8,15-16,24H,9-12H2,1-4H3/p+1/t15-/m0/s1. The number of hydrogen-bond donors (Lipinski definition) is 2. The molecule has 1 aliphatic heterocycles. The third-order valence-corrected chi connectivity index (χ3v) is 7.57. The van der Waals surface area contributed by atoms with Crippen LogP contribution in [0.5, 0.6) is 0 Å². The zero-order chi connectivity index (χ0) is 21.4. The predicted octanol–water partition coefficient (Wildman–Crippen LogP) is 3.06. The number of fused-ring (bicyclic) bond motifs is 1. The summed E-state index contributed by atoms with van der Waals surface area (Å²) in [7, 11) is 1.36. The number of aromatic amines is 1. The Morgan fingerprint density at radius 3 is 2.60 bits per heavy atom. The number of aromatic nitrogens is 2. The van der Waals surface area contributed by atoms with E-state index in [0.29, 0.717) is 28.4 Å². The summed E-state index contributed by atoms with van der Waals surface area (Å²) in [4.78, 5) is 34.5. The topological polar surface area (TPSA) is 76.5 Å². The fourth-order valence-electron chi connectivity index (χ4n) is 4.54. The van der Waals surface area contributed by atoms with Crippen LogP contribution in [0.2, 0.25) is 0 Å². The second kappa shape index (κ2) is 8.32. The quantitative estimate of drug-likeness (QED) is 0.486. The number of hydrogen-bond acceptors (Lipinski definition) is 5. The van der Waals surface area contributed by atoms with E-state index in [4.69, 9.17) is 9.72 Å². The molecule has 7 heteroatoms. The molecule has 3 heterocycles. The molecule has 6 nitrogen and oxygen atoms in total. The van der Waals surface area contributed by atoms with Gasteiger partial charge in [0.15, 0.2) is 0 Å². The van der Waals surface area contributed by atoms with Crippen LogP contribution in [0.3, 0.4) is 0 Å². The predicted molar refractivity (Wildman–Crippen MR) is 118 cm³/mol. The normalized spacial score (nSPS) is 20.3. The number of quaternary nitrogens is 1. The first kappa shape index (κ1) is 20.8. The lowest BCUT2D eigenvalue weighted by Crippen LogP contribution is -3.17. The Balaban J connectivity index is 1.44. The molecule has 2 aromatic heterocycles. The van der Waals surface area contributed by atoms with Crippen molar-refractivity contribution < 1.29 is 19.2 Å². The van der Waals surface area contributed by atoms with Crippen molar-refractivity contribution in [2.75, 3.05) is 20.2 Å². The minimum atomic E-state index is -0.406. The first-order valence-corrected chi connectivity index (χ1v) is 11.2. The number of para-hydroxylation sites is 1. The highest BCUT2D eigenvalue weighted by atomic mass is 32.1. The number of ketones is 1. The molecule has 0 radical (unpaired) electrons. The lowest BCUT2D eigenvalue weighted by molar-refractivity contribution is -0.918. The van der Waals surface area contributed by atoms with E-state index in [0.717, 1.165) is 31.4 Å². The van der Waals surface area contributed by atoms with Crippen molar-refractivity contribution in [1.29, 1.82) is 0 Å². The summed E-state index contributed by atoms with van der Waals surface area (Å²) in [6.07, 6.45) is 2.06. The first-order chi connectivity index (χ1) is 14.4. The molecule has 3 aromatic rings. The van der Waals surface area contributed by atoms with Gasteiger partial charge in [0.05, 0.1) is 46.7 Å². The van der Waals surface area contributed by atoms with Crippen molar-refractivity contribution in [3.05, 3.63) is 51.8 Å². The third kappa shape index (κ3) is 3.68. The molecule has 1 atom stereocenters. The summed E-state index contributed by atoms with van der Waals surface area (Å²) in [5.74, 6) is 0.116. The van der Waals surface area contributed by atoms with Gasteiger partial charge in [-0.05, 0) is 38.5 Å². The van der Waals surface area contributed by atoms with Crippen molar-refractivity contribution in [2.24, 2.45) is 0 Å². The second-order valence-corrected chi connectivity index (χ2v) is 9.22. The van der Waals surface area contributed by atoms with Gasteiger partial charge in [-0.2, -0.15) is 0 Å². The van der Waals surface area contributed by atoms with Gasteiger partial charge in [-0.3, -0.25) is 4.79 Å². The molecule has 0 spiro atoms. The molecule has 30 heavy (non-hydrogen) atoms. The lowest BCUT2D eigenvalue weighted by atomic mass is 9.95. The van der Waals surface area contributed by atoms with Gasteiger partial charge in [-0.15, -0.1) is 11.3 Å². The fourth-order valence-corrected chi connectivity index (χ4v) is 5.68. The molecule has 1 aliphatic rings. The Hall–Kier alpha value is -2.51. The molecule has 158 valence electrons. The Morgan fingerprint density at radius 2 is 1.93 bits per heavy atom. The number of likely N-dealkylation sites (tertiary alicyclic amines) is 1. The van der Waals surface area contributed by atoms with Gasteiger partial charge in [0, 0.05) is 24.5 Å². The van der Waals surface area contributed by atoms with Crippen molar-refractivity contribution in [3.63, 3.8) is 0 Å². The number of methoxy groups -OCH3 is 1. The van der Waals surface area contributed by atoms with Gasteiger partial charge < -0.3 is 14.6 Å². The molecule has 0 unspecified atom stereocenters. The van der Waals surface area contributed by atoms with Crippen LogP contribution in [0.25, 0.3) is 10.2 Å². The number of piperidine rings is 1. The third-order valence-electron chi connectivity index (χ3n) is 6.37. The number of H-pyrrole nitrogens is 1. The van der Waals surface area contributed by atoms with Gasteiger partial charge in [-0.25, -0.2) is 9.78 Å². The summed E-state index contributed by atoms with van der Waals surface area (Å²) >= 11 is 1.79. The SMILES string of the molecule is COC(=O)c1c(C)[nH]c(C(=O)[C@H](C)[NH+]2CCC(c3nc4ccccc4s3)CC2)c1C. The highest BCUT2D eigenvalue weighted by molar-refractivity contribution is 7.18. The monoisotopic (exact) mass is 426 g/mol. The minimum Gasteiger partial charge on any atom is -0.465 e. The van der Waals surface area contributed by atoms with E-state index in [1.165, 1.54) is 21.7 Å². The second-order valence-electron chi connectivity index (χ2n) is 8.15. The molecule has 0 aliphatic carbocycles. The zero-order valence-electron chi connectivity index (χ0n) is 17.9. The molecule has 1 aromatic carbocycles. The fraction of sp³-hybridized carbons (Fsp3) is 0.435. The Labute approximate surface area is 180 Å². The number of carbonyl (C=O) groups excluding carboxylic acids is 2. The Morgan fingerprint density at radius 1 is 1.23 bits per heavy atom. The van der Waals surface area contributed by atoms with Gasteiger partial charge in [0.1, 0.15) is 6.04 Å². The van der Waals surface area contributed by atoms with Gasteiger partial charge in [-0.1, -0.05) is 12.1 Å². The molecule has 4 rings (SSSR count). The van der Waals surface area contributed by atoms with Crippen LogP contribution in [-0.4, -0.2) is 48.0 Å². The summed E-state index contributed by atoms with van der Waals surface area (Å²) < 4.78 is 6.10. The number of nitrogens with zero attached hydrogens (tertiary/aromatic N) is 1. The van der Waals surface area contributed by atoms with Crippen molar-refractivity contribution >= 4 is 33.3 Å². The minimum absolute atomic E-state index is 0.0548. The summed E-state index contributed by atoms with van der Waals surface area (Å²) in [5.41, 5.74) is 3.44. The van der Waals surface area contributed by atoms with E-state index < -0.39 is 5.97 Å². The number of rotatable bonds is 5. The van der Waals surface area contributed by atoms with Crippen LogP contribution in [0.4, 0.5) is 0 Å². The van der Waals surface area contributed by atoms with Crippen molar-refractivity contribution in [3.8, 4) is 0 Å². The number of thiazole rings is 1. The molecule has 2 N–H and O–H groups in total. The molecule has 1 saturated heterocycles. The number of ether oxygens (including phenoxy) is 1. The maximum Gasteiger partial charge on any atom is 0.339 e. The van der Waals surface area contributed by atoms with Crippen LogP contribution >= 0.6 is 11.3 Å². The van der Waals surface area contributed by atoms with Crippen LogP contribution in [0.15, 0.2) is 24.3 Å². The van der Waals surface area contributed by atoms with Gasteiger partial charge >= 0.3 is 5.97 Å². The van der Waals surface area contributed by atoms with Gasteiger partial charge in [0.2, 0.25) is 5.78 Å². The Kier molecular flexibility index (Phi) is 5.75. The van der Waals surface area contributed by atoms with Crippen molar-refractivity contribution in [1.82, 2.24) is 9.97 Å². The molecular formula is C23H28N3O3S+. The maximum absolute atomic E-state index is 13.2. The van der Waals surface area contributed by atoms with Crippen LogP contribution in [0, 0.1) is 13.8 Å². The highest BCUT2D eigenvalue weighted by Gasteiger charge is 2.34. The van der Waals surface area contributed by atoms with E-state index in [2.05, 4.69) is 23.2 Å². The highest BCUT2D eigenvalue weighted by Crippen LogP contribution is 2.31. The summed E-state index contributed by atoms with van der Waals surface area (Å²) in [6, 6.07) is 8.12. The summed E-state index contributed by atoms with van der Waals surface area (Å²) in [5, 5.41) is 1.22. The molecule has 0 saturated carbocycles. The average molecular weight is 427 g/mol. The molecule has 0 bridgehead atoms. The van der Waals surface area contributed by atoms with E-state index in [-0.39, 0.29) is 11.8 Å². The smallest absolute Gasteiger partial charge is 0.339 e. The van der Waals surface area contributed by atoms with E-state index >= 15 is 0 Å². The number of aryl methyl sites for hydroxylation is 1. The first-order valence-electron chi connectivity index (χ1n) is 10.4. The van der Waals surface area contributed by atoms with Crippen LogP contribution < -0.4 is 4.90 Å². The number of carbonyl (C=O) groups is 2.